The van der Waals surface area contributed by atoms with E-state index in [9.17, 15) is 4.79 Å². The lowest BCUT2D eigenvalue weighted by Gasteiger charge is -2.09. The van der Waals surface area contributed by atoms with E-state index < -0.39 is 5.97 Å². The predicted octanol–water partition coefficient (Wildman–Crippen LogP) is 3.08. The van der Waals surface area contributed by atoms with Crippen LogP contribution in [-0.4, -0.2) is 34.6 Å². The summed E-state index contributed by atoms with van der Waals surface area (Å²) in [7, 11) is 0. The van der Waals surface area contributed by atoms with E-state index in [4.69, 9.17) is 27.5 Å². The van der Waals surface area contributed by atoms with Crippen molar-refractivity contribution in [3.63, 3.8) is 0 Å². The summed E-state index contributed by atoms with van der Waals surface area (Å²) < 4.78 is 10.9. The number of hydrogen-bond acceptors (Lipinski definition) is 5. The van der Waals surface area contributed by atoms with Crippen LogP contribution in [0.2, 0.25) is 5.02 Å². The van der Waals surface area contributed by atoms with Crippen molar-refractivity contribution in [1.82, 2.24) is 15.4 Å². The zero-order chi connectivity index (χ0) is 16.1. The molecule has 0 unspecified atom stereocenters. The molecule has 0 radical (unpaired) electrons. The Hall–Kier alpha value is -2.04. The van der Waals surface area contributed by atoms with Gasteiger partial charge in [-0.3, -0.25) is 0 Å². The van der Waals surface area contributed by atoms with Gasteiger partial charge in [-0.05, 0) is 35.0 Å². The fraction of sp³-hybridized carbons (Fsp3) is 0.214. The van der Waals surface area contributed by atoms with Crippen LogP contribution in [-0.2, 0) is 4.74 Å². The maximum Gasteiger partial charge on any atom is 0.361 e. The molecule has 1 aromatic carbocycles. The monoisotopic (exact) mass is 383 g/mol. The number of benzene rings is 1. The molecule has 114 valence electrons. The van der Waals surface area contributed by atoms with Crippen LogP contribution in [0.15, 0.2) is 16.6 Å². The first-order chi connectivity index (χ1) is 10.6. The SMILES string of the molecule is C#CCOc1c(Cl)cc(-c2n[nH]nc2C(=O)OCC)cc1Br. The normalized spacial score (nSPS) is 10.1. The lowest BCUT2D eigenvalue weighted by atomic mass is 10.1. The third-order valence-corrected chi connectivity index (χ3v) is 3.46. The topological polar surface area (TPSA) is 77.1 Å². The number of aromatic amines is 1. The molecular weight excluding hydrogens is 374 g/mol. The van der Waals surface area contributed by atoms with Gasteiger partial charge in [0.2, 0.25) is 0 Å². The molecule has 0 atom stereocenters. The van der Waals surface area contributed by atoms with Crippen molar-refractivity contribution in [2.24, 2.45) is 0 Å². The number of esters is 1. The number of nitrogens with zero attached hydrogens (tertiary/aromatic N) is 2. The van der Waals surface area contributed by atoms with E-state index in [1.807, 2.05) is 0 Å². The van der Waals surface area contributed by atoms with Crippen LogP contribution in [0.3, 0.4) is 0 Å². The maximum absolute atomic E-state index is 11.8. The molecule has 0 aliphatic rings. The quantitative estimate of drug-likeness (QED) is 0.633. The predicted molar refractivity (Wildman–Crippen MR) is 84.8 cm³/mol. The first-order valence-corrected chi connectivity index (χ1v) is 7.39. The van der Waals surface area contributed by atoms with Gasteiger partial charge in [-0.2, -0.15) is 10.3 Å². The van der Waals surface area contributed by atoms with Crippen molar-refractivity contribution in [3.8, 4) is 29.4 Å². The van der Waals surface area contributed by atoms with Crippen molar-refractivity contribution >= 4 is 33.5 Å². The Morgan fingerprint density at radius 2 is 2.27 bits per heavy atom. The number of rotatable bonds is 5. The molecule has 2 aromatic rings. The van der Waals surface area contributed by atoms with E-state index in [2.05, 4.69) is 37.3 Å². The maximum atomic E-state index is 11.8. The zero-order valence-corrected chi connectivity index (χ0v) is 13.9. The van der Waals surface area contributed by atoms with Gasteiger partial charge in [-0.1, -0.05) is 17.5 Å². The second kappa shape index (κ2) is 7.29. The zero-order valence-electron chi connectivity index (χ0n) is 11.5. The summed E-state index contributed by atoms with van der Waals surface area (Å²) in [5.41, 5.74) is 1.01. The Bertz CT molecular complexity index is 716. The number of carbonyl (C=O) groups excluding carboxylic acids is 1. The lowest BCUT2D eigenvalue weighted by Crippen LogP contribution is -2.06. The number of hydrogen-bond donors (Lipinski definition) is 1. The van der Waals surface area contributed by atoms with E-state index >= 15 is 0 Å². The van der Waals surface area contributed by atoms with Crippen molar-refractivity contribution in [2.45, 2.75) is 6.92 Å². The van der Waals surface area contributed by atoms with Crippen LogP contribution in [0, 0.1) is 12.3 Å². The highest BCUT2D eigenvalue weighted by molar-refractivity contribution is 9.10. The van der Waals surface area contributed by atoms with Crippen LogP contribution in [0.4, 0.5) is 0 Å². The average Bonchev–Trinajstić information content (AvgIpc) is 2.96. The summed E-state index contributed by atoms with van der Waals surface area (Å²) >= 11 is 9.54. The molecule has 1 heterocycles. The smallest absolute Gasteiger partial charge is 0.361 e. The molecular formula is C14H11BrClN3O3. The number of ether oxygens (including phenoxy) is 2. The van der Waals surface area contributed by atoms with Crippen LogP contribution in [0.1, 0.15) is 17.4 Å². The third-order valence-electron chi connectivity index (χ3n) is 2.59. The highest BCUT2D eigenvalue weighted by atomic mass is 79.9. The van der Waals surface area contributed by atoms with Gasteiger partial charge in [0.05, 0.1) is 16.1 Å². The fourth-order valence-electron chi connectivity index (χ4n) is 1.72. The first-order valence-electron chi connectivity index (χ1n) is 6.22. The molecule has 0 saturated carbocycles. The van der Waals surface area contributed by atoms with Gasteiger partial charge < -0.3 is 9.47 Å². The van der Waals surface area contributed by atoms with Gasteiger partial charge in [0.25, 0.3) is 0 Å². The molecule has 0 bridgehead atoms. The van der Waals surface area contributed by atoms with Crippen molar-refractivity contribution < 1.29 is 14.3 Å². The molecule has 0 saturated heterocycles. The number of aromatic nitrogens is 3. The molecule has 0 aliphatic carbocycles. The summed E-state index contributed by atoms with van der Waals surface area (Å²) in [6.45, 7) is 2.05. The fourth-order valence-corrected chi connectivity index (χ4v) is 2.68. The molecule has 2 rings (SSSR count). The minimum atomic E-state index is -0.564. The Labute approximate surface area is 140 Å². The van der Waals surface area contributed by atoms with Gasteiger partial charge in [-0.15, -0.1) is 11.5 Å². The molecule has 0 fully saturated rings. The highest BCUT2D eigenvalue weighted by Crippen LogP contribution is 2.37. The molecule has 8 heteroatoms. The first kappa shape index (κ1) is 16.3. The number of H-pyrrole nitrogens is 1. The second-order valence-electron chi connectivity index (χ2n) is 4.00. The molecule has 0 aliphatic heterocycles. The Morgan fingerprint density at radius 3 is 2.91 bits per heavy atom. The summed E-state index contributed by atoms with van der Waals surface area (Å²) in [5.74, 6) is 2.22. The lowest BCUT2D eigenvalue weighted by molar-refractivity contribution is 0.0520. The van der Waals surface area contributed by atoms with Crippen LogP contribution < -0.4 is 4.74 Å². The van der Waals surface area contributed by atoms with Gasteiger partial charge in [0.1, 0.15) is 12.3 Å². The van der Waals surface area contributed by atoms with Crippen LogP contribution in [0.25, 0.3) is 11.3 Å². The Balaban J connectivity index is 2.41. The molecule has 6 nitrogen and oxygen atoms in total. The second-order valence-corrected chi connectivity index (χ2v) is 5.26. The van der Waals surface area contributed by atoms with Crippen LogP contribution in [0.5, 0.6) is 5.75 Å². The van der Waals surface area contributed by atoms with Gasteiger partial charge in [0.15, 0.2) is 11.4 Å². The van der Waals surface area contributed by atoms with E-state index in [1.165, 1.54) is 0 Å². The van der Waals surface area contributed by atoms with Gasteiger partial charge >= 0.3 is 5.97 Å². The summed E-state index contributed by atoms with van der Waals surface area (Å²) in [6, 6.07) is 3.32. The number of halogens is 2. The highest BCUT2D eigenvalue weighted by Gasteiger charge is 2.21. The van der Waals surface area contributed by atoms with Gasteiger partial charge in [0, 0.05) is 5.56 Å². The van der Waals surface area contributed by atoms with E-state index in [1.54, 1.807) is 19.1 Å². The molecule has 0 spiro atoms. The Kier molecular flexibility index (Phi) is 5.41. The summed E-state index contributed by atoms with van der Waals surface area (Å²) in [5, 5.41) is 10.5. The molecule has 1 N–H and O–H groups in total. The van der Waals surface area contributed by atoms with E-state index in [-0.39, 0.29) is 18.9 Å². The minimum Gasteiger partial charge on any atom is -0.478 e. The van der Waals surface area contributed by atoms with Crippen molar-refractivity contribution in [1.29, 1.82) is 0 Å². The summed E-state index contributed by atoms with van der Waals surface area (Å²) in [4.78, 5) is 11.8. The minimum absolute atomic E-state index is 0.0853. The van der Waals surface area contributed by atoms with Crippen LogP contribution >= 0.6 is 27.5 Å². The summed E-state index contributed by atoms with van der Waals surface area (Å²) in [6.07, 6.45) is 5.16. The average molecular weight is 385 g/mol. The largest absolute Gasteiger partial charge is 0.478 e. The third kappa shape index (κ3) is 3.40. The van der Waals surface area contributed by atoms with E-state index in [0.717, 1.165) is 0 Å². The van der Waals surface area contributed by atoms with Crippen molar-refractivity contribution in [3.05, 3.63) is 27.3 Å². The Morgan fingerprint density at radius 1 is 1.50 bits per heavy atom. The van der Waals surface area contributed by atoms with Gasteiger partial charge in [-0.25, -0.2) is 4.79 Å². The number of carbonyl (C=O) groups is 1. The van der Waals surface area contributed by atoms with Crippen molar-refractivity contribution in [2.75, 3.05) is 13.2 Å². The van der Waals surface area contributed by atoms with E-state index in [0.29, 0.717) is 26.5 Å². The number of terminal acetylenes is 1. The molecule has 0 amide bonds. The number of nitrogens with one attached hydrogen (secondary N) is 1. The molecule has 1 aromatic heterocycles. The standard InChI is InChI=1S/C14H11BrClN3O3/c1-3-5-22-13-9(15)6-8(7-10(13)16)11-12(18-19-17-11)14(20)21-4-2/h1,6-7H,4-5H2,2H3,(H,17,18,19). The molecule has 22 heavy (non-hydrogen) atoms.